The molecule has 0 spiro atoms. The van der Waals surface area contributed by atoms with Gasteiger partial charge in [-0.2, -0.15) is 0 Å². The zero-order valence-electron chi connectivity index (χ0n) is 11.4. The molecule has 0 atom stereocenters. The number of nitrogens with one attached hydrogen (secondary N) is 2. The van der Waals surface area contributed by atoms with Crippen molar-refractivity contribution >= 4 is 27.0 Å². The molecule has 0 aliphatic heterocycles. The first-order chi connectivity index (χ1) is 9.53. The van der Waals surface area contributed by atoms with Crippen LogP contribution in [0.25, 0.3) is 0 Å². The van der Waals surface area contributed by atoms with E-state index in [0.717, 1.165) is 17.7 Å². The average molecular weight is 311 g/mol. The Morgan fingerprint density at radius 3 is 2.90 bits per heavy atom. The maximum absolute atomic E-state index is 12.3. The SMILES string of the molecule is CCNCc1csc(S(=O)(=O)Nc2cnccc2C)c1. The number of aromatic nitrogens is 1. The quantitative estimate of drug-likeness (QED) is 0.859. The van der Waals surface area contributed by atoms with Crippen molar-refractivity contribution in [2.45, 2.75) is 24.6 Å². The Balaban J connectivity index is 2.18. The molecule has 0 aliphatic rings. The molecule has 2 heterocycles. The lowest BCUT2D eigenvalue weighted by Crippen LogP contribution is -2.13. The monoisotopic (exact) mass is 311 g/mol. The summed E-state index contributed by atoms with van der Waals surface area (Å²) in [6.07, 6.45) is 3.15. The fourth-order valence-corrected chi connectivity index (χ4v) is 3.95. The van der Waals surface area contributed by atoms with Crippen LogP contribution in [0.5, 0.6) is 0 Å². The minimum absolute atomic E-state index is 0.314. The van der Waals surface area contributed by atoms with E-state index in [1.165, 1.54) is 17.5 Å². The first-order valence-electron chi connectivity index (χ1n) is 6.24. The summed E-state index contributed by atoms with van der Waals surface area (Å²) in [5.74, 6) is 0. The van der Waals surface area contributed by atoms with Crippen molar-refractivity contribution in [3.05, 3.63) is 41.0 Å². The van der Waals surface area contributed by atoms with Gasteiger partial charge in [-0.3, -0.25) is 9.71 Å². The Kier molecular flexibility index (Phi) is 4.74. The number of hydrogen-bond donors (Lipinski definition) is 2. The predicted octanol–water partition coefficient (Wildman–Crippen LogP) is 2.36. The first-order valence-corrected chi connectivity index (χ1v) is 8.61. The normalized spacial score (nSPS) is 11.5. The summed E-state index contributed by atoms with van der Waals surface area (Å²) in [6.45, 7) is 5.38. The number of pyridine rings is 1. The Morgan fingerprint density at radius 1 is 1.40 bits per heavy atom. The molecule has 5 nitrogen and oxygen atoms in total. The maximum Gasteiger partial charge on any atom is 0.271 e. The third-order valence-corrected chi connectivity index (χ3v) is 5.61. The van der Waals surface area contributed by atoms with Crippen LogP contribution in [0.4, 0.5) is 5.69 Å². The van der Waals surface area contributed by atoms with Gasteiger partial charge in [0.15, 0.2) is 0 Å². The molecule has 0 saturated carbocycles. The maximum atomic E-state index is 12.3. The number of thiophene rings is 1. The molecule has 0 unspecified atom stereocenters. The molecule has 108 valence electrons. The van der Waals surface area contributed by atoms with Crippen LogP contribution in [0.1, 0.15) is 18.1 Å². The summed E-state index contributed by atoms with van der Waals surface area (Å²) in [4.78, 5) is 3.94. The molecule has 0 amide bonds. The van der Waals surface area contributed by atoms with Gasteiger partial charge in [0.05, 0.1) is 11.9 Å². The third-order valence-electron chi connectivity index (χ3n) is 2.76. The van der Waals surface area contributed by atoms with Gasteiger partial charge in [0.25, 0.3) is 10.0 Å². The van der Waals surface area contributed by atoms with Crippen LogP contribution in [0.2, 0.25) is 0 Å². The highest BCUT2D eigenvalue weighted by molar-refractivity contribution is 7.94. The Morgan fingerprint density at radius 2 is 2.20 bits per heavy atom. The van der Waals surface area contributed by atoms with Gasteiger partial charge in [-0.1, -0.05) is 6.92 Å². The fraction of sp³-hybridized carbons (Fsp3) is 0.308. The summed E-state index contributed by atoms with van der Waals surface area (Å²) in [6, 6.07) is 3.46. The van der Waals surface area contributed by atoms with Gasteiger partial charge in [-0.05, 0) is 42.1 Å². The van der Waals surface area contributed by atoms with E-state index in [4.69, 9.17) is 0 Å². The molecule has 2 N–H and O–H groups in total. The zero-order valence-corrected chi connectivity index (χ0v) is 13.0. The van der Waals surface area contributed by atoms with E-state index in [9.17, 15) is 8.42 Å². The highest BCUT2D eigenvalue weighted by Gasteiger charge is 2.17. The van der Waals surface area contributed by atoms with E-state index in [-0.39, 0.29) is 0 Å². The lowest BCUT2D eigenvalue weighted by atomic mass is 10.3. The molecular formula is C13H17N3O2S2. The molecule has 0 bridgehead atoms. The van der Waals surface area contributed by atoms with Crippen molar-refractivity contribution in [2.75, 3.05) is 11.3 Å². The average Bonchev–Trinajstić information content (AvgIpc) is 2.88. The molecular weight excluding hydrogens is 294 g/mol. The van der Waals surface area contributed by atoms with Crippen LogP contribution in [0, 0.1) is 6.92 Å². The second-order valence-electron chi connectivity index (χ2n) is 4.35. The number of aryl methyl sites for hydroxylation is 1. The minimum atomic E-state index is -3.54. The molecule has 2 aromatic rings. The summed E-state index contributed by atoms with van der Waals surface area (Å²) in [7, 11) is -3.54. The van der Waals surface area contributed by atoms with Crippen LogP contribution in [0.15, 0.2) is 34.1 Å². The largest absolute Gasteiger partial charge is 0.313 e. The molecule has 0 radical (unpaired) electrons. The van der Waals surface area contributed by atoms with Gasteiger partial charge in [-0.25, -0.2) is 8.42 Å². The number of nitrogens with zero attached hydrogens (tertiary/aromatic N) is 1. The highest BCUT2D eigenvalue weighted by Crippen LogP contribution is 2.24. The number of rotatable bonds is 6. The van der Waals surface area contributed by atoms with E-state index in [1.54, 1.807) is 18.3 Å². The van der Waals surface area contributed by atoms with Gasteiger partial charge in [0.2, 0.25) is 0 Å². The van der Waals surface area contributed by atoms with Gasteiger partial charge >= 0.3 is 0 Å². The van der Waals surface area contributed by atoms with E-state index in [2.05, 4.69) is 15.0 Å². The topological polar surface area (TPSA) is 71.1 Å². The second-order valence-corrected chi connectivity index (χ2v) is 7.17. The smallest absolute Gasteiger partial charge is 0.271 e. The lowest BCUT2D eigenvalue weighted by Gasteiger charge is -2.08. The van der Waals surface area contributed by atoms with Crippen LogP contribution in [0.3, 0.4) is 0 Å². The molecule has 20 heavy (non-hydrogen) atoms. The van der Waals surface area contributed by atoms with Gasteiger partial charge < -0.3 is 5.32 Å². The van der Waals surface area contributed by atoms with E-state index < -0.39 is 10.0 Å². The molecule has 2 rings (SSSR count). The first kappa shape index (κ1) is 15.0. The molecule has 0 aliphatic carbocycles. The van der Waals surface area contributed by atoms with Crippen LogP contribution in [-0.4, -0.2) is 19.9 Å². The molecule has 0 fully saturated rings. The van der Waals surface area contributed by atoms with Gasteiger partial charge in [0, 0.05) is 12.7 Å². The van der Waals surface area contributed by atoms with E-state index >= 15 is 0 Å². The van der Waals surface area contributed by atoms with Crippen molar-refractivity contribution in [1.82, 2.24) is 10.3 Å². The standard InChI is InChI=1S/C13H17N3O2S2/c1-3-14-7-11-6-13(19-9-11)20(17,18)16-12-8-15-5-4-10(12)2/h4-6,8-9,14,16H,3,7H2,1-2H3. The zero-order chi connectivity index (χ0) is 14.6. The van der Waals surface area contributed by atoms with Crippen molar-refractivity contribution in [3.8, 4) is 0 Å². The lowest BCUT2D eigenvalue weighted by molar-refractivity contribution is 0.603. The van der Waals surface area contributed by atoms with Crippen LogP contribution >= 0.6 is 11.3 Å². The minimum Gasteiger partial charge on any atom is -0.313 e. The number of hydrogen-bond acceptors (Lipinski definition) is 5. The van der Waals surface area contributed by atoms with E-state index in [1.807, 2.05) is 19.2 Å². The molecule has 2 aromatic heterocycles. The van der Waals surface area contributed by atoms with E-state index in [0.29, 0.717) is 16.4 Å². The Hall–Kier alpha value is -1.44. The number of anilines is 1. The van der Waals surface area contributed by atoms with Gasteiger partial charge in [0.1, 0.15) is 4.21 Å². The number of sulfonamides is 1. The molecule has 7 heteroatoms. The summed E-state index contributed by atoms with van der Waals surface area (Å²) < 4.78 is 27.5. The van der Waals surface area contributed by atoms with Crippen molar-refractivity contribution in [1.29, 1.82) is 0 Å². The summed E-state index contributed by atoms with van der Waals surface area (Å²) in [5, 5.41) is 5.02. The predicted molar refractivity (Wildman–Crippen MR) is 81.5 cm³/mol. The van der Waals surface area contributed by atoms with Gasteiger partial charge in [-0.15, -0.1) is 11.3 Å². The second kappa shape index (κ2) is 6.34. The Labute approximate surface area is 123 Å². The van der Waals surface area contributed by atoms with Crippen molar-refractivity contribution < 1.29 is 8.42 Å². The molecule has 0 aromatic carbocycles. The Bertz CT molecular complexity index is 680. The summed E-state index contributed by atoms with van der Waals surface area (Å²) >= 11 is 1.22. The third kappa shape index (κ3) is 3.56. The highest BCUT2D eigenvalue weighted by atomic mass is 32.2. The van der Waals surface area contributed by atoms with Crippen molar-refractivity contribution in [3.63, 3.8) is 0 Å². The summed E-state index contributed by atoms with van der Waals surface area (Å²) in [5.41, 5.74) is 2.32. The van der Waals surface area contributed by atoms with Crippen LogP contribution < -0.4 is 10.0 Å². The van der Waals surface area contributed by atoms with Crippen LogP contribution in [-0.2, 0) is 16.6 Å². The van der Waals surface area contributed by atoms with Crippen molar-refractivity contribution in [2.24, 2.45) is 0 Å². The fourth-order valence-electron chi connectivity index (χ4n) is 1.62. The molecule has 0 saturated heterocycles.